The number of hydrogen-bond acceptors (Lipinski definition) is 4. The summed E-state index contributed by atoms with van der Waals surface area (Å²) in [7, 11) is 0. The van der Waals surface area contributed by atoms with E-state index in [0.29, 0.717) is 22.1 Å². The van der Waals surface area contributed by atoms with E-state index in [1.54, 1.807) is 18.2 Å². The summed E-state index contributed by atoms with van der Waals surface area (Å²) < 4.78 is 5.83. The van der Waals surface area contributed by atoms with E-state index in [-0.39, 0.29) is 5.91 Å². The molecule has 0 aliphatic rings. The zero-order valence-electron chi connectivity index (χ0n) is 19.2. The van der Waals surface area contributed by atoms with Crippen LogP contribution < -0.4 is 10.2 Å². The fourth-order valence-corrected chi connectivity index (χ4v) is 3.46. The molecule has 0 spiro atoms. The number of hydrogen-bond donors (Lipinski definition) is 2. The van der Waals surface area contributed by atoms with Crippen LogP contribution in [0.5, 0.6) is 5.75 Å². The summed E-state index contributed by atoms with van der Waals surface area (Å²) in [5.41, 5.74) is 6.03. The molecule has 3 rings (SSSR count). The number of aromatic nitrogens is 2. The zero-order chi connectivity index (χ0) is 23.5. The summed E-state index contributed by atoms with van der Waals surface area (Å²) >= 11 is 5.91. The van der Waals surface area contributed by atoms with Gasteiger partial charge in [-0.25, -0.2) is 5.43 Å². The number of nitrogens with zero attached hydrogens (tertiary/aromatic N) is 2. The van der Waals surface area contributed by atoms with Crippen molar-refractivity contribution in [2.24, 2.45) is 5.10 Å². The van der Waals surface area contributed by atoms with Gasteiger partial charge in [0.05, 0.1) is 18.0 Å². The average Bonchev–Trinajstić information content (AvgIpc) is 3.33. The molecule has 0 aliphatic heterocycles. The van der Waals surface area contributed by atoms with Gasteiger partial charge in [0.25, 0.3) is 5.91 Å². The third kappa shape index (κ3) is 7.75. The van der Waals surface area contributed by atoms with Gasteiger partial charge in [-0.1, -0.05) is 62.8 Å². The summed E-state index contributed by atoms with van der Waals surface area (Å²) in [4.78, 5) is 12.4. The molecule has 1 heterocycles. The summed E-state index contributed by atoms with van der Waals surface area (Å²) in [5, 5.41) is 11.8. The number of H-pyrrole nitrogens is 1. The summed E-state index contributed by atoms with van der Waals surface area (Å²) in [6.07, 6.45) is 7.45. The molecule has 0 bridgehead atoms. The van der Waals surface area contributed by atoms with Crippen LogP contribution >= 0.6 is 11.6 Å². The number of unbranched alkanes of at least 4 members (excludes halogenated alkanes) is 5. The highest BCUT2D eigenvalue weighted by molar-refractivity contribution is 6.30. The minimum atomic E-state index is -0.360. The Morgan fingerprint density at radius 2 is 1.73 bits per heavy atom. The predicted octanol–water partition coefficient (Wildman–Crippen LogP) is 6.62. The Morgan fingerprint density at radius 1 is 1.03 bits per heavy atom. The lowest BCUT2D eigenvalue weighted by molar-refractivity contribution is 0.0950. The first kappa shape index (κ1) is 24.5. The normalized spacial score (nSPS) is 11.4. The van der Waals surface area contributed by atoms with Crippen molar-refractivity contribution in [2.45, 2.75) is 52.4 Å². The highest BCUT2D eigenvalue weighted by Gasteiger charge is 2.11. The van der Waals surface area contributed by atoms with Crippen LogP contribution in [0.1, 0.15) is 68.4 Å². The monoisotopic (exact) mass is 466 g/mol. The molecule has 3 aromatic rings. The van der Waals surface area contributed by atoms with Crippen LogP contribution in [0, 0.1) is 0 Å². The third-order valence-electron chi connectivity index (χ3n) is 5.33. The highest BCUT2D eigenvalue weighted by atomic mass is 35.5. The summed E-state index contributed by atoms with van der Waals surface area (Å²) in [5.74, 6) is 0.480. The van der Waals surface area contributed by atoms with Crippen molar-refractivity contribution in [3.63, 3.8) is 0 Å². The number of amides is 1. The summed E-state index contributed by atoms with van der Waals surface area (Å²) in [6, 6.07) is 16.7. The van der Waals surface area contributed by atoms with Gasteiger partial charge in [0, 0.05) is 10.6 Å². The van der Waals surface area contributed by atoms with E-state index in [2.05, 4.69) is 27.6 Å². The maximum atomic E-state index is 12.4. The second kappa shape index (κ2) is 12.8. The van der Waals surface area contributed by atoms with Crippen LogP contribution in [-0.2, 0) is 0 Å². The maximum absolute atomic E-state index is 12.4. The van der Waals surface area contributed by atoms with Crippen LogP contribution in [-0.4, -0.2) is 28.4 Å². The Kier molecular flexibility index (Phi) is 9.51. The molecule has 1 amide bonds. The molecule has 0 aliphatic carbocycles. The lowest BCUT2D eigenvalue weighted by atomic mass is 10.1. The highest BCUT2D eigenvalue weighted by Crippen LogP contribution is 2.21. The topological polar surface area (TPSA) is 79.4 Å². The Hall–Kier alpha value is -3.12. The summed E-state index contributed by atoms with van der Waals surface area (Å²) in [6.45, 7) is 4.78. The van der Waals surface area contributed by atoms with Crippen LogP contribution in [0.2, 0.25) is 5.02 Å². The molecule has 0 unspecified atom stereocenters. The minimum absolute atomic E-state index is 0.334. The third-order valence-corrected chi connectivity index (χ3v) is 5.58. The van der Waals surface area contributed by atoms with Crippen molar-refractivity contribution in [2.75, 3.05) is 6.61 Å². The van der Waals surface area contributed by atoms with E-state index >= 15 is 0 Å². The molecule has 0 fully saturated rings. The second-order valence-corrected chi connectivity index (χ2v) is 8.39. The Balaban J connectivity index is 1.49. The van der Waals surface area contributed by atoms with Gasteiger partial charge in [0.2, 0.25) is 0 Å². The van der Waals surface area contributed by atoms with Gasteiger partial charge < -0.3 is 4.74 Å². The number of halogens is 1. The first-order chi connectivity index (χ1) is 16.1. The van der Waals surface area contributed by atoms with E-state index in [0.717, 1.165) is 29.9 Å². The molecule has 33 heavy (non-hydrogen) atoms. The number of benzene rings is 2. The molecule has 2 aromatic carbocycles. The lowest BCUT2D eigenvalue weighted by Crippen LogP contribution is -2.19. The van der Waals surface area contributed by atoms with Crippen LogP contribution in [0.15, 0.2) is 59.7 Å². The fraction of sp³-hybridized carbons (Fsp3) is 0.346. The maximum Gasteiger partial charge on any atom is 0.289 e. The SMILES string of the molecule is CCCCCCCCOc1ccc(-c2cc(C(=O)NN=C(C)c3ccc(Cl)cc3)[nH]n2)cc1. The number of nitrogens with one attached hydrogen (secondary N) is 2. The van der Waals surface area contributed by atoms with Gasteiger partial charge >= 0.3 is 0 Å². The molecular weight excluding hydrogens is 436 g/mol. The van der Waals surface area contributed by atoms with Crippen LogP contribution in [0.25, 0.3) is 11.3 Å². The molecule has 7 heteroatoms. The van der Waals surface area contributed by atoms with E-state index in [1.165, 1.54) is 32.1 Å². The van der Waals surface area contributed by atoms with E-state index < -0.39 is 0 Å². The molecule has 0 atom stereocenters. The lowest BCUT2D eigenvalue weighted by Gasteiger charge is -2.06. The van der Waals surface area contributed by atoms with Gasteiger partial charge in [-0.05, 0) is 61.4 Å². The number of carbonyl (C=O) groups excluding carboxylic acids is 1. The number of hydrazone groups is 1. The first-order valence-corrected chi connectivity index (χ1v) is 11.8. The quantitative estimate of drug-likeness (QED) is 0.179. The van der Waals surface area contributed by atoms with E-state index in [1.807, 2.05) is 43.3 Å². The molecule has 0 saturated heterocycles. The fourth-order valence-electron chi connectivity index (χ4n) is 3.33. The van der Waals surface area contributed by atoms with E-state index in [9.17, 15) is 4.79 Å². The molecule has 0 saturated carbocycles. The number of aromatic amines is 1. The van der Waals surface area contributed by atoms with Gasteiger partial charge in [-0.3, -0.25) is 9.89 Å². The average molecular weight is 467 g/mol. The van der Waals surface area contributed by atoms with Crippen molar-refractivity contribution < 1.29 is 9.53 Å². The Bertz CT molecular complexity index is 1040. The molecule has 6 nitrogen and oxygen atoms in total. The number of ether oxygens (including phenoxy) is 1. The second-order valence-electron chi connectivity index (χ2n) is 7.95. The van der Waals surface area contributed by atoms with Gasteiger partial charge in [0.15, 0.2) is 0 Å². The molecule has 2 N–H and O–H groups in total. The van der Waals surface area contributed by atoms with Crippen molar-refractivity contribution in [1.29, 1.82) is 0 Å². The zero-order valence-corrected chi connectivity index (χ0v) is 20.0. The Labute approximate surface area is 200 Å². The van der Waals surface area contributed by atoms with Crippen molar-refractivity contribution in [1.82, 2.24) is 15.6 Å². The molecule has 174 valence electrons. The van der Waals surface area contributed by atoms with Crippen molar-refractivity contribution >= 4 is 23.2 Å². The first-order valence-electron chi connectivity index (χ1n) is 11.5. The van der Waals surface area contributed by atoms with Crippen LogP contribution in [0.4, 0.5) is 0 Å². The smallest absolute Gasteiger partial charge is 0.289 e. The Morgan fingerprint density at radius 3 is 2.45 bits per heavy atom. The molecule has 1 aromatic heterocycles. The van der Waals surface area contributed by atoms with E-state index in [4.69, 9.17) is 16.3 Å². The number of carbonyl (C=O) groups is 1. The van der Waals surface area contributed by atoms with Crippen molar-refractivity contribution in [3.8, 4) is 17.0 Å². The molecular formula is C26H31ClN4O2. The van der Waals surface area contributed by atoms with Crippen molar-refractivity contribution in [3.05, 3.63) is 70.9 Å². The van der Waals surface area contributed by atoms with Gasteiger partial charge in [-0.2, -0.15) is 10.2 Å². The standard InChI is InChI=1S/C26H31ClN4O2/c1-3-4-5-6-7-8-17-33-23-15-11-21(12-16-23)24-18-25(30-29-24)26(32)31-28-19(2)20-9-13-22(27)14-10-20/h9-16,18H,3-8,17H2,1-2H3,(H,29,30)(H,31,32). The van der Waals surface area contributed by atoms with Gasteiger partial charge in [0.1, 0.15) is 11.4 Å². The minimum Gasteiger partial charge on any atom is -0.494 e. The molecule has 0 radical (unpaired) electrons. The van der Waals surface area contributed by atoms with Crippen LogP contribution in [0.3, 0.4) is 0 Å². The predicted molar refractivity (Wildman–Crippen MR) is 134 cm³/mol. The van der Waals surface area contributed by atoms with Gasteiger partial charge in [-0.15, -0.1) is 0 Å². The number of rotatable bonds is 12. The largest absolute Gasteiger partial charge is 0.494 e.